The summed E-state index contributed by atoms with van der Waals surface area (Å²) in [6, 6.07) is 1.66. The quantitative estimate of drug-likeness (QED) is 0.538. The fourth-order valence-electron chi connectivity index (χ4n) is 2.66. The third-order valence-electron chi connectivity index (χ3n) is 4.11. The van der Waals surface area contributed by atoms with Crippen LogP contribution in [0.25, 0.3) is 0 Å². The highest BCUT2D eigenvalue weighted by Crippen LogP contribution is 2.10. The maximum atomic E-state index is 12.5. The molecule has 2 amide bonds. The van der Waals surface area contributed by atoms with Crippen LogP contribution in [0.2, 0.25) is 0 Å². The predicted molar refractivity (Wildman–Crippen MR) is 99.4 cm³/mol. The van der Waals surface area contributed by atoms with E-state index in [0.29, 0.717) is 24.5 Å². The molecule has 0 aliphatic heterocycles. The van der Waals surface area contributed by atoms with Gasteiger partial charge >= 0.3 is 0 Å². The van der Waals surface area contributed by atoms with E-state index in [1.165, 1.54) is 0 Å². The van der Waals surface area contributed by atoms with Gasteiger partial charge in [-0.15, -0.1) is 0 Å². The Hall–Kier alpha value is -1.85. The number of carbonyl (C=O) groups excluding carboxylic acids is 2. The molecule has 0 bridgehead atoms. The van der Waals surface area contributed by atoms with Crippen molar-refractivity contribution in [3.63, 3.8) is 0 Å². The van der Waals surface area contributed by atoms with Gasteiger partial charge in [0.15, 0.2) is 5.82 Å². The highest BCUT2D eigenvalue weighted by molar-refractivity contribution is 5.93. The van der Waals surface area contributed by atoms with Crippen molar-refractivity contribution in [2.75, 3.05) is 18.4 Å². The van der Waals surface area contributed by atoms with Crippen molar-refractivity contribution in [3.05, 3.63) is 11.8 Å². The average molecular weight is 351 g/mol. The van der Waals surface area contributed by atoms with Crippen molar-refractivity contribution in [2.24, 2.45) is 0 Å². The molecule has 0 aliphatic carbocycles. The number of carbonyl (C=O) groups is 2. The molecular formula is C19H33N3O3. The molecule has 0 saturated carbocycles. The topological polar surface area (TPSA) is 75.4 Å². The van der Waals surface area contributed by atoms with Crippen LogP contribution in [0.4, 0.5) is 5.82 Å². The van der Waals surface area contributed by atoms with E-state index in [4.69, 9.17) is 4.52 Å². The first-order chi connectivity index (χ1) is 12.1. The van der Waals surface area contributed by atoms with Crippen LogP contribution in [0.15, 0.2) is 10.6 Å². The molecule has 0 radical (unpaired) electrons. The molecule has 1 heterocycles. The van der Waals surface area contributed by atoms with Crippen molar-refractivity contribution in [3.8, 4) is 0 Å². The van der Waals surface area contributed by atoms with Gasteiger partial charge in [-0.25, -0.2) is 0 Å². The second-order valence-electron chi connectivity index (χ2n) is 6.56. The fourth-order valence-corrected chi connectivity index (χ4v) is 2.66. The smallest absolute Gasteiger partial charge is 0.245 e. The summed E-state index contributed by atoms with van der Waals surface area (Å²) < 4.78 is 4.94. The van der Waals surface area contributed by atoms with E-state index in [0.717, 1.165) is 51.4 Å². The lowest BCUT2D eigenvalue weighted by atomic mass is 10.1. The van der Waals surface area contributed by atoms with Crippen LogP contribution in [0, 0.1) is 6.92 Å². The van der Waals surface area contributed by atoms with Crippen molar-refractivity contribution < 1.29 is 14.1 Å². The summed E-state index contributed by atoms with van der Waals surface area (Å²) in [6.45, 7) is 6.78. The Morgan fingerprint density at radius 3 is 2.36 bits per heavy atom. The van der Waals surface area contributed by atoms with Gasteiger partial charge in [0.05, 0.1) is 6.54 Å². The summed E-state index contributed by atoms with van der Waals surface area (Å²) in [4.78, 5) is 26.4. The number of hydrogen-bond donors (Lipinski definition) is 1. The number of anilines is 1. The van der Waals surface area contributed by atoms with Gasteiger partial charge in [-0.05, 0) is 19.8 Å². The van der Waals surface area contributed by atoms with Crippen LogP contribution in [-0.2, 0) is 9.59 Å². The zero-order chi connectivity index (χ0) is 18.5. The number of aryl methyl sites for hydroxylation is 1. The third kappa shape index (κ3) is 9.27. The zero-order valence-corrected chi connectivity index (χ0v) is 16.0. The Labute approximate surface area is 151 Å². The largest absolute Gasteiger partial charge is 0.360 e. The Kier molecular flexibility index (Phi) is 10.6. The lowest BCUT2D eigenvalue weighted by Gasteiger charge is -2.22. The molecule has 1 aromatic rings. The van der Waals surface area contributed by atoms with Crippen LogP contribution < -0.4 is 5.32 Å². The van der Waals surface area contributed by atoms with E-state index >= 15 is 0 Å². The number of aromatic nitrogens is 1. The summed E-state index contributed by atoms with van der Waals surface area (Å²) >= 11 is 0. The molecule has 25 heavy (non-hydrogen) atoms. The van der Waals surface area contributed by atoms with Crippen LogP contribution in [0.1, 0.15) is 77.4 Å². The number of nitrogens with one attached hydrogen (secondary N) is 1. The number of rotatable bonds is 13. The van der Waals surface area contributed by atoms with Crippen molar-refractivity contribution in [1.29, 1.82) is 0 Å². The summed E-state index contributed by atoms with van der Waals surface area (Å²) in [7, 11) is 0. The standard InChI is InChI=1S/C19H33N3O3/c1-4-6-8-10-12-19(24)22(13-11-9-7-5-2)15-18(23)20-17-14-16(3)25-21-17/h14H,4-13,15H2,1-3H3,(H,20,21,23). The van der Waals surface area contributed by atoms with E-state index in [1.54, 1.807) is 17.9 Å². The Morgan fingerprint density at radius 2 is 1.76 bits per heavy atom. The first-order valence-corrected chi connectivity index (χ1v) is 9.57. The molecule has 0 fully saturated rings. The minimum absolute atomic E-state index is 0.0686. The van der Waals surface area contributed by atoms with Gasteiger partial charge in [-0.3, -0.25) is 9.59 Å². The molecule has 6 heteroatoms. The van der Waals surface area contributed by atoms with Crippen LogP contribution >= 0.6 is 0 Å². The normalized spacial score (nSPS) is 10.7. The number of amides is 2. The van der Waals surface area contributed by atoms with Crippen LogP contribution in [0.3, 0.4) is 0 Å². The minimum Gasteiger partial charge on any atom is -0.360 e. The molecule has 0 aromatic carbocycles. The first-order valence-electron chi connectivity index (χ1n) is 9.57. The van der Waals surface area contributed by atoms with E-state index < -0.39 is 0 Å². The minimum atomic E-state index is -0.231. The molecule has 1 aromatic heterocycles. The molecular weight excluding hydrogens is 318 g/mol. The van der Waals surface area contributed by atoms with Gasteiger partial charge in [-0.2, -0.15) is 0 Å². The Morgan fingerprint density at radius 1 is 1.08 bits per heavy atom. The molecule has 1 rings (SSSR count). The van der Waals surface area contributed by atoms with Crippen molar-refractivity contribution in [1.82, 2.24) is 10.1 Å². The molecule has 0 aliphatic rings. The molecule has 6 nitrogen and oxygen atoms in total. The third-order valence-corrected chi connectivity index (χ3v) is 4.11. The number of hydrogen-bond acceptors (Lipinski definition) is 4. The highest BCUT2D eigenvalue weighted by Gasteiger charge is 2.17. The molecule has 142 valence electrons. The van der Waals surface area contributed by atoms with Crippen LogP contribution in [0.5, 0.6) is 0 Å². The zero-order valence-electron chi connectivity index (χ0n) is 16.0. The van der Waals surface area contributed by atoms with E-state index in [9.17, 15) is 9.59 Å². The van der Waals surface area contributed by atoms with Gasteiger partial charge < -0.3 is 14.7 Å². The second kappa shape index (κ2) is 12.5. The van der Waals surface area contributed by atoms with Gasteiger partial charge in [0, 0.05) is 19.0 Å². The van der Waals surface area contributed by atoms with Gasteiger partial charge in [-0.1, -0.05) is 57.5 Å². The SMILES string of the molecule is CCCCCCC(=O)N(CCCCCC)CC(=O)Nc1cc(C)on1. The summed E-state index contributed by atoms with van der Waals surface area (Å²) in [5, 5.41) is 6.44. The molecule has 1 N–H and O–H groups in total. The van der Waals surface area contributed by atoms with E-state index in [2.05, 4.69) is 24.3 Å². The lowest BCUT2D eigenvalue weighted by molar-refractivity contribution is -0.134. The van der Waals surface area contributed by atoms with Crippen molar-refractivity contribution >= 4 is 17.6 Å². The number of nitrogens with zero attached hydrogens (tertiary/aromatic N) is 2. The molecule has 0 spiro atoms. The van der Waals surface area contributed by atoms with Gasteiger partial charge in [0.25, 0.3) is 0 Å². The van der Waals surface area contributed by atoms with E-state index in [1.807, 2.05) is 0 Å². The summed E-state index contributed by atoms with van der Waals surface area (Å²) in [5.41, 5.74) is 0. The molecule has 0 atom stereocenters. The lowest BCUT2D eigenvalue weighted by Crippen LogP contribution is -2.38. The Balaban J connectivity index is 2.49. The monoisotopic (exact) mass is 351 g/mol. The van der Waals surface area contributed by atoms with E-state index in [-0.39, 0.29) is 18.4 Å². The summed E-state index contributed by atoms with van der Waals surface area (Å²) in [5.74, 6) is 0.868. The predicted octanol–water partition coefficient (Wildman–Crippen LogP) is 4.30. The van der Waals surface area contributed by atoms with Crippen LogP contribution in [-0.4, -0.2) is 35.0 Å². The number of unbranched alkanes of at least 4 members (excludes halogenated alkanes) is 6. The fraction of sp³-hybridized carbons (Fsp3) is 0.737. The Bertz CT molecular complexity index is 514. The second-order valence-corrected chi connectivity index (χ2v) is 6.56. The first kappa shape index (κ1) is 21.2. The van der Waals surface area contributed by atoms with Crippen molar-refractivity contribution in [2.45, 2.75) is 78.6 Å². The van der Waals surface area contributed by atoms with Gasteiger partial charge in [0.2, 0.25) is 11.8 Å². The average Bonchev–Trinajstić information content (AvgIpc) is 2.99. The summed E-state index contributed by atoms with van der Waals surface area (Å²) in [6.07, 6.45) is 9.10. The molecule has 0 saturated heterocycles. The maximum Gasteiger partial charge on any atom is 0.245 e. The highest BCUT2D eigenvalue weighted by atomic mass is 16.5. The molecule has 0 unspecified atom stereocenters. The maximum absolute atomic E-state index is 12.5. The van der Waals surface area contributed by atoms with Gasteiger partial charge in [0.1, 0.15) is 5.76 Å².